The number of aromatic amines is 1. The van der Waals surface area contributed by atoms with Crippen molar-refractivity contribution in [1.82, 2.24) is 15.3 Å². The van der Waals surface area contributed by atoms with E-state index in [1.54, 1.807) is 12.4 Å². The van der Waals surface area contributed by atoms with Gasteiger partial charge in [0.15, 0.2) is 0 Å². The molecule has 0 aliphatic heterocycles. The van der Waals surface area contributed by atoms with Gasteiger partial charge >= 0.3 is 0 Å². The van der Waals surface area contributed by atoms with E-state index < -0.39 is 0 Å². The third kappa shape index (κ3) is 4.97. The largest absolute Gasteiger partial charge is 0.361 e. The predicted octanol–water partition coefficient (Wildman–Crippen LogP) is 4.85. The fourth-order valence-corrected chi connectivity index (χ4v) is 3.02. The lowest BCUT2D eigenvalue weighted by Crippen LogP contribution is -2.03. The Hall–Kier alpha value is -2.56. The summed E-state index contributed by atoms with van der Waals surface area (Å²) in [4.78, 5) is 8.07. The van der Waals surface area contributed by atoms with E-state index in [4.69, 9.17) is 0 Å². The molecule has 0 fully saturated rings. The van der Waals surface area contributed by atoms with Crippen molar-refractivity contribution < 1.29 is 0 Å². The van der Waals surface area contributed by atoms with E-state index in [9.17, 15) is 0 Å². The van der Waals surface area contributed by atoms with Crippen molar-refractivity contribution >= 4 is 23.5 Å². The summed E-state index contributed by atoms with van der Waals surface area (Å²) in [5.41, 5.74) is 5.24. The summed E-state index contributed by atoms with van der Waals surface area (Å²) in [6, 6.07) is 21.0. The van der Waals surface area contributed by atoms with E-state index in [-0.39, 0.29) is 0 Å². The first-order valence-corrected chi connectivity index (χ1v) is 9.07. The summed E-state index contributed by atoms with van der Waals surface area (Å²) < 4.78 is 0. The smallest absolute Gasteiger partial charge is 0.0460 e. The highest BCUT2D eigenvalue weighted by Gasteiger charge is 2.04. The minimum Gasteiger partial charge on any atom is -0.361 e. The molecule has 3 nitrogen and oxygen atoms in total. The number of hydrogen-bond acceptors (Lipinski definition) is 3. The van der Waals surface area contributed by atoms with Gasteiger partial charge in [0, 0.05) is 40.9 Å². The van der Waals surface area contributed by atoms with Gasteiger partial charge in [-0.05, 0) is 48.4 Å². The van der Waals surface area contributed by atoms with Gasteiger partial charge in [-0.3, -0.25) is 4.98 Å². The molecule has 4 aromatic rings. The second kappa shape index (κ2) is 9.22. The first-order valence-electron chi connectivity index (χ1n) is 8.62. The molecule has 2 aromatic heterocycles. The first kappa shape index (κ1) is 18.2. The van der Waals surface area contributed by atoms with Crippen molar-refractivity contribution in [2.45, 2.75) is 17.9 Å². The molecule has 0 bridgehead atoms. The van der Waals surface area contributed by atoms with Gasteiger partial charge in [-0.1, -0.05) is 42.5 Å². The molecule has 2 heterocycles. The van der Waals surface area contributed by atoms with E-state index in [0.717, 1.165) is 17.9 Å². The van der Waals surface area contributed by atoms with Crippen LogP contribution >= 0.6 is 12.6 Å². The molecule has 4 heteroatoms. The molecule has 0 aliphatic rings. The number of benzene rings is 2. The van der Waals surface area contributed by atoms with Crippen LogP contribution < -0.4 is 5.32 Å². The lowest BCUT2D eigenvalue weighted by atomic mass is 10.0. The monoisotopic (exact) mass is 361 g/mol. The lowest BCUT2D eigenvalue weighted by Gasteiger charge is -2.03. The summed E-state index contributed by atoms with van der Waals surface area (Å²) in [5.74, 6) is 0. The van der Waals surface area contributed by atoms with Gasteiger partial charge in [0.2, 0.25) is 0 Å². The van der Waals surface area contributed by atoms with Gasteiger partial charge < -0.3 is 10.3 Å². The number of thiol groups is 1. The van der Waals surface area contributed by atoms with Gasteiger partial charge in [-0.15, -0.1) is 12.6 Å². The number of pyridine rings is 1. The maximum absolute atomic E-state index is 4.02. The maximum Gasteiger partial charge on any atom is 0.0460 e. The minimum atomic E-state index is 0.901. The minimum absolute atomic E-state index is 0.901. The average molecular weight is 362 g/mol. The van der Waals surface area contributed by atoms with Crippen LogP contribution in [0.3, 0.4) is 0 Å². The number of hydrogen-bond donors (Lipinski definition) is 3. The number of fused-ring (bicyclic) bond motifs is 1. The molecule has 4 rings (SSSR count). The molecule has 0 amide bonds. The van der Waals surface area contributed by atoms with Crippen LogP contribution in [0.1, 0.15) is 16.7 Å². The Morgan fingerprint density at radius 1 is 1.00 bits per heavy atom. The van der Waals surface area contributed by atoms with Crippen LogP contribution in [-0.2, 0) is 13.0 Å². The Balaban J connectivity index is 0.000000236. The summed E-state index contributed by atoms with van der Waals surface area (Å²) >= 11 is 4.02. The van der Waals surface area contributed by atoms with Gasteiger partial charge in [-0.2, -0.15) is 0 Å². The van der Waals surface area contributed by atoms with Gasteiger partial charge in [0.05, 0.1) is 0 Å². The third-order valence-corrected chi connectivity index (χ3v) is 4.36. The Bertz CT molecular complexity index is 933. The summed E-state index contributed by atoms with van der Waals surface area (Å²) in [6.45, 7) is 0.901. The van der Waals surface area contributed by atoms with E-state index in [0.29, 0.717) is 0 Å². The van der Waals surface area contributed by atoms with Gasteiger partial charge in [0.25, 0.3) is 0 Å². The van der Waals surface area contributed by atoms with Crippen LogP contribution in [0.15, 0.2) is 84.1 Å². The Labute approximate surface area is 159 Å². The van der Waals surface area contributed by atoms with Crippen molar-refractivity contribution in [3.8, 4) is 0 Å². The Morgan fingerprint density at radius 3 is 2.50 bits per heavy atom. The van der Waals surface area contributed by atoms with Crippen molar-refractivity contribution in [2.24, 2.45) is 0 Å². The van der Waals surface area contributed by atoms with E-state index >= 15 is 0 Å². The molecule has 0 radical (unpaired) electrons. The highest BCUT2D eigenvalue weighted by atomic mass is 32.1. The molecule has 0 saturated carbocycles. The van der Waals surface area contributed by atoms with Crippen LogP contribution in [-0.4, -0.2) is 17.0 Å². The number of rotatable bonds is 4. The van der Waals surface area contributed by atoms with Crippen LogP contribution in [0.2, 0.25) is 0 Å². The summed E-state index contributed by atoms with van der Waals surface area (Å²) in [6.07, 6.45) is 6.49. The van der Waals surface area contributed by atoms with Crippen molar-refractivity contribution in [2.75, 3.05) is 7.05 Å². The molecule has 2 aromatic carbocycles. The second-order valence-corrected chi connectivity index (χ2v) is 6.61. The predicted molar refractivity (Wildman–Crippen MR) is 112 cm³/mol. The fourth-order valence-electron chi connectivity index (χ4n) is 2.87. The van der Waals surface area contributed by atoms with Crippen LogP contribution in [0.25, 0.3) is 10.9 Å². The number of nitrogens with one attached hydrogen (secondary N) is 2. The van der Waals surface area contributed by atoms with Crippen molar-refractivity contribution in [1.29, 1.82) is 0 Å². The summed E-state index contributed by atoms with van der Waals surface area (Å²) in [7, 11) is 1.97. The first-order chi connectivity index (χ1) is 12.8. The fraction of sp³-hybridized carbons (Fsp3) is 0.136. The molecule has 0 unspecified atom stereocenters. The standard InChI is InChI=1S/C17H18N2.C5H5NS/c1-18-11-15-12-19-17-10-14(7-8-16(15)17)9-13-5-3-2-4-6-13;7-5-2-1-3-6-4-5/h2-8,10,12,18-19H,9,11H2,1H3;1-4,7H. The van der Waals surface area contributed by atoms with Crippen LogP contribution in [0.5, 0.6) is 0 Å². The third-order valence-electron chi connectivity index (χ3n) is 4.10. The zero-order valence-corrected chi connectivity index (χ0v) is 15.7. The number of aromatic nitrogens is 2. The second-order valence-electron chi connectivity index (χ2n) is 6.10. The molecule has 26 heavy (non-hydrogen) atoms. The zero-order valence-electron chi connectivity index (χ0n) is 14.8. The average Bonchev–Trinajstić information content (AvgIpc) is 3.06. The highest BCUT2D eigenvalue weighted by Crippen LogP contribution is 2.21. The van der Waals surface area contributed by atoms with Gasteiger partial charge in [-0.25, -0.2) is 0 Å². The molecule has 0 spiro atoms. The molecular formula is C22H23N3S. The number of nitrogens with zero attached hydrogens (tertiary/aromatic N) is 1. The zero-order chi connectivity index (χ0) is 18.2. The molecule has 0 saturated heterocycles. The Morgan fingerprint density at radius 2 is 1.85 bits per heavy atom. The summed E-state index contributed by atoms with van der Waals surface area (Å²) in [5, 5.41) is 4.51. The molecule has 132 valence electrons. The SMILES string of the molecule is CNCc1c[nH]c2cc(Cc3ccccc3)ccc12.Sc1cccnc1. The lowest BCUT2D eigenvalue weighted by molar-refractivity contribution is 0.823. The van der Waals surface area contributed by atoms with Crippen molar-refractivity contribution in [3.63, 3.8) is 0 Å². The van der Waals surface area contributed by atoms with Gasteiger partial charge in [0.1, 0.15) is 0 Å². The quantitative estimate of drug-likeness (QED) is 0.455. The van der Waals surface area contributed by atoms with Crippen molar-refractivity contribution in [3.05, 3.63) is 95.9 Å². The van der Waals surface area contributed by atoms with E-state index in [1.165, 1.54) is 27.6 Å². The highest BCUT2D eigenvalue weighted by molar-refractivity contribution is 7.80. The molecule has 0 atom stereocenters. The normalized spacial score (nSPS) is 10.4. The molecular weight excluding hydrogens is 338 g/mol. The van der Waals surface area contributed by atoms with E-state index in [2.05, 4.69) is 82.6 Å². The van der Waals surface area contributed by atoms with Crippen LogP contribution in [0.4, 0.5) is 0 Å². The maximum atomic E-state index is 4.02. The topological polar surface area (TPSA) is 40.7 Å². The van der Waals surface area contributed by atoms with E-state index in [1.807, 2.05) is 19.2 Å². The molecule has 0 aliphatic carbocycles. The molecule has 2 N–H and O–H groups in total. The van der Waals surface area contributed by atoms with Crippen LogP contribution in [0, 0.1) is 0 Å². The Kier molecular flexibility index (Phi) is 6.47. The number of H-pyrrole nitrogens is 1.